The van der Waals surface area contributed by atoms with Gasteiger partial charge in [-0.15, -0.1) is 0 Å². The van der Waals surface area contributed by atoms with E-state index < -0.39 is 0 Å². The van der Waals surface area contributed by atoms with E-state index in [9.17, 15) is 0 Å². The summed E-state index contributed by atoms with van der Waals surface area (Å²) in [6.45, 7) is 13.6. The van der Waals surface area contributed by atoms with Gasteiger partial charge in [0.25, 0.3) is 0 Å². The van der Waals surface area contributed by atoms with Crippen molar-refractivity contribution in [3.63, 3.8) is 0 Å². The van der Waals surface area contributed by atoms with Crippen LogP contribution in [0, 0.1) is 6.42 Å². The molecule has 2 rings (SSSR count). The third kappa shape index (κ3) is 3.75. The Balaban J connectivity index is 2.45. The maximum atomic E-state index is 2.33. The van der Waals surface area contributed by atoms with Crippen LogP contribution in [0.2, 0.25) is 0 Å². The first-order valence-corrected chi connectivity index (χ1v) is 7.73. The fourth-order valence-electron chi connectivity index (χ4n) is 2.78. The van der Waals surface area contributed by atoms with Crippen LogP contribution in [-0.4, -0.2) is 0 Å². The highest BCUT2D eigenvalue weighted by Crippen LogP contribution is 2.32. The van der Waals surface area contributed by atoms with Crippen molar-refractivity contribution in [2.45, 2.75) is 52.4 Å². The molecular weight excluding hydrogens is 252 g/mol. The summed E-state index contributed by atoms with van der Waals surface area (Å²) in [5.41, 5.74) is 5.75. The van der Waals surface area contributed by atoms with Gasteiger partial charge in [-0.25, -0.2) is 0 Å². The van der Waals surface area contributed by atoms with Crippen molar-refractivity contribution >= 4 is 0 Å². The van der Waals surface area contributed by atoms with Crippen LogP contribution >= 0.6 is 0 Å². The second kappa shape index (κ2) is 5.67. The van der Waals surface area contributed by atoms with Crippen LogP contribution < -0.4 is 0 Å². The molecule has 0 amide bonds. The molecule has 0 N–H and O–H groups in total. The molecule has 0 bridgehead atoms. The predicted molar refractivity (Wildman–Crippen MR) is 92.8 cm³/mol. The Hall–Kier alpha value is -1.56. The van der Waals surface area contributed by atoms with E-state index in [1.807, 2.05) is 0 Å². The van der Waals surface area contributed by atoms with Gasteiger partial charge >= 0.3 is 0 Å². The fourth-order valence-corrected chi connectivity index (χ4v) is 2.78. The molecule has 0 aromatic heterocycles. The van der Waals surface area contributed by atoms with Gasteiger partial charge in [0.15, 0.2) is 0 Å². The van der Waals surface area contributed by atoms with Gasteiger partial charge in [-0.05, 0) is 33.1 Å². The number of hydrogen-bond acceptors (Lipinski definition) is 0. The first-order chi connectivity index (χ1) is 9.69. The van der Waals surface area contributed by atoms with E-state index in [1.165, 1.54) is 22.3 Å². The molecule has 2 aromatic carbocycles. The summed E-state index contributed by atoms with van der Waals surface area (Å²) in [5.74, 6) is 0. The highest BCUT2D eigenvalue weighted by atomic mass is 14.2. The molecule has 0 saturated carbocycles. The van der Waals surface area contributed by atoms with Crippen molar-refractivity contribution in [3.05, 3.63) is 77.2 Å². The second-order valence-electron chi connectivity index (χ2n) is 7.82. The lowest BCUT2D eigenvalue weighted by Gasteiger charge is -2.26. The van der Waals surface area contributed by atoms with Crippen LogP contribution in [0.5, 0.6) is 0 Å². The van der Waals surface area contributed by atoms with Gasteiger partial charge in [0.1, 0.15) is 0 Å². The zero-order chi connectivity index (χ0) is 15.7. The topological polar surface area (TPSA) is 0 Å². The van der Waals surface area contributed by atoms with Crippen molar-refractivity contribution in [3.8, 4) is 0 Å². The lowest BCUT2D eigenvalue weighted by Crippen LogP contribution is -2.16. The summed E-state index contributed by atoms with van der Waals surface area (Å²) in [5, 5.41) is 0. The van der Waals surface area contributed by atoms with E-state index in [0.29, 0.717) is 0 Å². The Labute approximate surface area is 130 Å². The van der Waals surface area contributed by atoms with Gasteiger partial charge in [-0.2, -0.15) is 0 Å². The molecule has 0 aliphatic rings. The minimum Gasteiger partial charge on any atom is -0.0620 e. The molecule has 0 aliphatic heterocycles. The molecule has 21 heavy (non-hydrogen) atoms. The Kier molecular flexibility index (Phi) is 4.27. The maximum Gasteiger partial charge on any atom is 0.0205 e. The largest absolute Gasteiger partial charge is 0.0620 e. The molecule has 0 atom stereocenters. The average molecular weight is 279 g/mol. The van der Waals surface area contributed by atoms with Gasteiger partial charge in [0.2, 0.25) is 0 Å². The van der Waals surface area contributed by atoms with Crippen molar-refractivity contribution in [1.29, 1.82) is 0 Å². The summed E-state index contributed by atoms with van der Waals surface area (Å²) in [6, 6.07) is 17.4. The van der Waals surface area contributed by atoms with Crippen molar-refractivity contribution in [2.24, 2.45) is 0 Å². The Morgan fingerprint density at radius 3 is 1.24 bits per heavy atom. The predicted octanol–water partition coefficient (Wildman–Crippen LogP) is 5.88. The molecule has 0 unspecified atom stereocenters. The standard InChI is InChI=1S/C21H27/c1-20(2,3)18-13-9-7-11-16(18)15-17-12-8-10-14-19(17)21(4,5)6/h7-15H,1-6H3. The normalized spacial score (nSPS) is 12.5. The first-order valence-electron chi connectivity index (χ1n) is 7.73. The lowest BCUT2D eigenvalue weighted by molar-refractivity contribution is 0.583. The fraction of sp³-hybridized carbons (Fsp3) is 0.381. The monoisotopic (exact) mass is 279 g/mol. The van der Waals surface area contributed by atoms with E-state index in [0.717, 1.165) is 0 Å². The lowest BCUT2D eigenvalue weighted by atomic mass is 9.79. The SMILES string of the molecule is CC(C)(C)c1ccccc1[CH]c1ccccc1C(C)(C)C. The zero-order valence-corrected chi connectivity index (χ0v) is 14.2. The summed E-state index contributed by atoms with van der Waals surface area (Å²) in [6.07, 6.45) is 2.33. The maximum absolute atomic E-state index is 2.33. The average Bonchev–Trinajstić information content (AvgIpc) is 2.37. The third-order valence-electron chi connectivity index (χ3n) is 3.85. The summed E-state index contributed by atoms with van der Waals surface area (Å²) in [7, 11) is 0. The van der Waals surface area contributed by atoms with Crippen LogP contribution in [0.1, 0.15) is 63.8 Å². The van der Waals surface area contributed by atoms with Crippen LogP contribution in [0.15, 0.2) is 48.5 Å². The van der Waals surface area contributed by atoms with E-state index in [-0.39, 0.29) is 10.8 Å². The first kappa shape index (κ1) is 15.8. The summed E-state index contributed by atoms with van der Waals surface area (Å²) >= 11 is 0. The quantitative estimate of drug-likeness (QED) is 0.643. The van der Waals surface area contributed by atoms with E-state index in [4.69, 9.17) is 0 Å². The number of hydrogen-bond donors (Lipinski definition) is 0. The molecule has 0 aliphatic carbocycles. The van der Waals surface area contributed by atoms with Crippen LogP contribution in [0.25, 0.3) is 0 Å². The smallest absolute Gasteiger partial charge is 0.0205 e. The minimum atomic E-state index is 0.157. The molecule has 0 saturated heterocycles. The summed E-state index contributed by atoms with van der Waals surface area (Å²) < 4.78 is 0. The summed E-state index contributed by atoms with van der Waals surface area (Å²) in [4.78, 5) is 0. The van der Waals surface area contributed by atoms with Gasteiger partial charge < -0.3 is 0 Å². The molecule has 0 heteroatoms. The molecule has 2 aromatic rings. The molecule has 0 nitrogen and oxygen atoms in total. The van der Waals surface area contributed by atoms with Gasteiger partial charge in [0, 0.05) is 6.42 Å². The van der Waals surface area contributed by atoms with Crippen molar-refractivity contribution in [2.75, 3.05) is 0 Å². The molecule has 0 heterocycles. The van der Waals surface area contributed by atoms with Gasteiger partial charge in [-0.1, -0.05) is 90.1 Å². The van der Waals surface area contributed by atoms with E-state index in [2.05, 4.69) is 96.5 Å². The Bertz CT molecular complexity index is 551. The Morgan fingerprint density at radius 1 is 0.571 bits per heavy atom. The molecule has 111 valence electrons. The van der Waals surface area contributed by atoms with Crippen LogP contribution in [0.4, 0.5) is 0 Å². The molecule has 1 radical (unpaired) electrons. The van der Waals surface area contributed by atoms with E-state index >= 15 is 0 Å². The molecule has 0 fully saturated rings. The van der Waals surface area contributed by atoms with Gasteiger partial charge in [0.05, 0.1) is 0 Å². The highest BCUT2D eigenvalue weighted by Gasteiger charge is 2.21. The Morgan fingerprint density at radius 2 is 0.905 bits per heavy atom. The van der Waals surface area contributed by atoms with Crippen molar-refractivity contribution < 1.29 is 0 Å². The van der Waals surface area contributed by atoms with Crippen LogP contribution in [-0.2, 0) is 10.8 Å². The van der Waals surface area contributed by atoms with Gasteiger partial charge in [-0.3, -0.25) is 0 Å². The van der Waals surface area contributed by atoms with Crippen molar-refractivity contribution in [1.82, 2.24) is 0 Å². The number of benzene rings is 2. The minimum absolute atomic E-state index is 0.157. The zero-order valence-electron chi connectivity index (χ0n) is 14.2. The third-order valence-corrected chi connectivity index (χ3v) is 3.85. The molecule has 0 spiro atoms. The highest BCUT2D eigenvalue weighted by molar-refractivity contribution is 5.48. The second-order valence-corrected chi connectivity index (χ2v) is 7.82. The van der Waals surface area contributed by atoms with E-state index in [1.54, 1.807) is 0 Å². The van der Waals surface area contributed by atoms with Crippen LogP contribution in [0.3, 0.4) is 0 Å². The molecular formula is C21H27. The number of rotatable bonds is 2.